The van der Waals surface area contributed by atoms with Gasteiger partial charge in [0.2, 0.25) is 5.91 Å². The maximum atomic E-state index is 11.7. The highest BCUT2D eigenvalue weighted by Crippen LogP contribution is 2.39. The molecule has 4 nitrogen and oxygen atoms in total. The van der Waals surface area contributed by atoms with Crippen LogP contribution >= 0.6 is 23.6 Å². The fourth-order valence-corrected chi connectivity index (χ4v) is 4.29. The number of nitrogens with one attached hydrogen (secondary N) is 2. The number of nitrogens with zero attached hydrogens (tertiary/aromatic N) is 1. The number of thiocarbonyl (C=S) groups is 1. The smallest absolute Gasteiger partial charge is 0.226 e. The van der Waals surface area contributed by atoms with Crippen LogP contribution in [0.4, 0.5) is 5.00 Å². The molecule has 0 saturated heterocycles. The predicted octanol–water partition coefficient (Wildman–Crippen LogP) is 3.60. The van der Waals surface area contributed by atoms with E-state index >= 15 is 0 Å². The van der Waals surface area contributed by atoms with E-state index in [0.717, 1.165) is 29.8 Å². The molecule has 1 aliphatic carbocycles. The van der Waals surface area contributed by atoms with Gasteiger partial charge in [-0.2, -0.15) is 5.26 Å². The topological polar surface area (TPSA) is 64.9 Å². The largest absolute Gasteiger partial charge is 0.323 e. The van der Waals surface area contributed by atoms with Crippen LogP contribution in [-0.4, -0.2) is 11.0 Å². The standard InChI is InChI=1S/C16H21N3OS2/c1-9(2)6-14(20)18-16(21)19-15-12(8-17)11-5-4-10(3)7-13(11)22-15/h9-10H,4-7H2,1-3H3,(H2,18,19,20,21)/t10-/m1/s1. The van der Waals surface area contributed by atoms with E-state index in [0.29, 0.717) is 17.9 Å². The zero-order chi connectivity index (χ0) is 16.3. The Balaban J connectivity index is 2.08. The third-order valence-corrected chi connectivity index (χ3v) is 5.07. The van der Waals surface area contributed by atoms with Gasteiger partial charge in [0.15, 0.2) is 5.11 Å². The van der Waals surface area contributed by atoms with Gasteiger partial charge >= 0.3 is 0 Å². The molecule has 1 aromatic heterocycles. The van der Waals surface area contributed by atoms with Crippen LogP contribution in [0.1, 0.15) is 49.6 Å². The second kappa shape index (κ2) is 7.21. The number of fused-ring (bicyclic) bond motifs is 1. The molecule has 0 unspecified atom stereocenters. The Labute approximate surface area is 140 Å². The highest BCUT2D eigenvalue weighted by atomic mass is 32.1. The number of anilines is 1. The van der Waals surface area contributed by atoms with Gasteiger partial charge in [-0.15, -0.1) is 11.3 Å². The molecule has 0 radical (unpaired) electrons. The van der Waals surface area contributed by atoms with Crippen LogP contribution < -0.4 is 10.6 Å². The molecule has 22 heavy (non-hydrogen) atoms. The third kappa shape index (κ3) is 4.05. The molecular weight excluding hydrogens is 314 g/mol. The van der Waals surface area contributed by atoms with Gasteiger partial charge < -0.3 is 10.6 Å². The average Bonchev–Trinajstić information content (AvgIpc) is 2.73. The van der Waals surface area contributed by atoms with E-state index in [9.17, 15) is 10.1 Å². The number of carbonyl (C=O) groups is 1. The first-order valence-electron chi connectivity index (χ1n) is 7.56. The molecule has 0 aromatic carbocycles. The van der Waals surface area contributed by atoms with Crippen molar-refractivity contribution in [2.75, 3.05) is 5.32 Å². The normalized spacial score (nSPS) is 16.8. The van der Waals surface area contributed by atoms with E-state index < -0.39 is 0 Å². The maximum absolute atomic E-state index is 11.7. The van der Waals surface area contributed by atoms with Gasteiger partial charge in [-0.05, 0) is 48.9 Å². The summed E-state index contributed by atoms with van der Waals surface area (Å²) < 4.78 is 0. The molecule has 0 saturated carbocycles. The number of carbonyl (C=O) groups excluding carboxylic acids is 1. The monoisotopic (exact) mass is 335 g/mol. The Bertz CT molecular complexity index is 628. The summed E-state index contributed by atoms with van der Waals surface area (Å²) in [6.45, 7) is 6.20. The average molecular weight is 335 g/mol. The van der Waals surface area contributed by atoms with E-state index in [1.54, 1.807) is 11.3 Å². The first-order valence-corrected chi connectivity index (χ1v) is 8.78. The molecule has 0 fully saturated rings. The Morgan fingerprint density at radius 2 is 2.27 bits per heavy atom. The minimum Gasteiger partial charge on any atom is -0.323 e. The Morgan fingerprint density at radius 3 is 2.91 bits per heavy atom. The number of thiophene rings is 1. The lowest BCUT2D eigenvalue weighted by Gasteiger charge is -2.17. The molecule has 6 heteroatoms. The van der Waals surface area contributed by atoms with Crippen molar-refractivity contribution in [2.24, 2.45) is 11.8 Å². The Kier molecular flexibility index (Phi) is 5.54. The summed E-state index contributed by atoms with van der Waals surface area (Å²) in [5, 5.41) is 16.2. The number of hydrogen-bond donors (Lipinski definition) is 2. The van der Waals surface area contributed by atoms with Crippen LogP contribution in [0, 0.1) is 23.2 Å². The van der Waals surface area contributed by atoms with Crippen molar-refractivity contribution in [1.82, 2.24) is 5.32 Å². The Hall–Kier alpha value is -1.45. The van der Waals surface area contributed by atoms with Crippen molar-refractivity contribution < 1.29 is 4.79 Å². The molecule has 1 aliphatic rings. The van der Waals surface area contributed by atoms with Crippen molar-refractivity contribution in [3.05, 3.63) is 16.0 Å². The SMILES string of the molecule is CC(C)CC(=O)NC(=S)Nc1sc2c(c1C#N)CC[C@@H](C)C2. The summed E-state index contributed by atoms with van der Waals surface area (Å²) in [6, 6.07) is 2.29. The molecule has 1 heterocycles. The second-order valence-electron chi connectivity index (χ2n) is 6.27. The highest BCUT2D eigenvalue weighted by molar-refractivity contribution is 7.80. The van der Waals surface area contributed by atoms with E-state index in [-0.39, 0.29) is 16.9 Å². The van der Waals surface area contributed by atoms with Crippen molar-refractivity contribution in [3.63, 3.8) is 0 Å². The molecule has 2 N–H and O–H groups in total. The minimum absolute atomic E-state index is 0.0963. The summed E-state index contributed by atoms with van der Waals surface area (Å²) >= 11 is 6.78. The summed E-state index contributed by atoms with van der Waals surface area (Å²) in [5.74, 6) is 0.845. The molecule has 0 aliphatic heterocycles. The fraction of sp³-hybridized carbons (Fsp3) is 0.562. The van der Waals surface area contributed by atoms with Crippen LogP contribution in [0.25, 0.3) is 0 Å². The molecule has 0 spiro atoms. The predicted molar refractivity (Wildman–Crippen MR) is 94.0 cm³/mol. The van der Waals surface area contributed by atoms with Crippen molar-refractivity contribution >= 4 is 39.6 Å². The fourth-order valence-electron chi connectivity index (χ4n) is 2.64. The quantitative estimate of drug-likeness (QED) is 0.828. The van der Waals surface area contributed by atoms with E-state index in [4.69, 9.17) is 12.2 Å². The first-order chi connectivity index (χ1) is 10.4. The molecule has 1 amide bonds. The lowest BCUT2D eigenvalue weighted by atomic mass is 9.89. The van der Waals surface area contributed by atoms with Crippen molar-refractivity contribution in [1.29, 1.82) is 5.26 Å². The zero-order valence-electron chi connectivity index (χ0n) is 13.2. The zero-order valence-corrected chi connectivity index (χ0v) is 14.8. The van der Waals surface area contributed by atoms with Crippen molar-refractivity contribution in [3.8, 4) is 6.07 Å². The van der Waals surface area contributed by atoms with Gasteiger partial charge in [0.1, 0.15) is 11.1 Å². The van der Waals surface area contributed by atoms with Crippen LogP contribution in [0.15, 0.2) is 0 Å². The number of rotatable bonds is 3. The van der Waals surface area contributed by atoms with Crippen LogP contribution in [0.2, 0.25) is 0 Å². The molecule has 118 valence electrons. The maximum Gasteiger partial charge on any atom is 0.226 e. The summed E-state index contributed by atoms with van der Waals surface area (Å²) in [4.78, 5) is 13.0. The van der Waals surface area contributed by atoms with Gasteiger partial charge in [0.25, 0.3) is 0 Å². The number of nitriles is 1. The van der Waals surface area contributed by atoms with Crippen LogP contribution in [0.5, 0.6) is 0 Å². The van der Waals surface area contributed by atoms with Gasteiger partial charge in [-0.1, -0.05) is 20.8 Å². The lowest BCUT2D eigenvalue weighted by molar-refractivity contribution is -0.120. The third-order valence-electron chi connectivity index (χ3n) is 3.70. The number of hydrogen-bond acceptors (Lipinski definition) is 4. The minimum atomic E-state index is -0.0963. The first kappa shape index (κ1) is 16.9. The molecule has 1 atom stereocenters. The van der Waals surface area contributed by atoms with Gasteiger partial charge in [-0.25, -0.2) is 0 Å². The lowest BCUT2D eigenvalue weighted by Crippen LogP contribution is -2.34. The molecule has 0 bridgehead atoms. The number of amides is 1. The van der Waals surface area contributed by atoms with E-state index in [1.165, 1.54) is 4.88 Å². The van der Waals surface area contributed by atoms with E-state index in [1.807, 2.05) is 13.8 Å². The summed E-state index contributed by atoms with van der Waals surface area (Å²) in [5.41, 5.74) is 1.84. The summed E-state index contributed by atoms with van der Waals surface area (Å²) in [6.07, 6.45) is 3.52. The molecular formula is C16H21N3OS2. The van der Waals surface area contributed by atoms with Gasteiger partial charge in [0.05, 0.1) is 5.56 Å². The van der Waals surface area contributed by atoms with Gasteiger partial charge in [0, 0.05) is 11.3 Å². The van der Waals surface area contributed by atoms with E-state index in [2.05, 4.69) is 23.6 Å². The molecule has 2 rings (SSSR count). The summed E-state index contributed by atoms with van der Waals surface area (Å²) in [7, 11) is 0. The second-order valence-corrected chi connectivity index (χ2v) is 7.78. The van der Waals surface area contributed by atoms with Crippen molar-refractivity contribution in [2.45, 2.75) is 46.5 Å². The van der Waals surface area contributed by atoms with Gasteiger partial charge in [-0.3, -0.25) is 4.79 Å². The Morgan fingerprint density at radius 1 is 1.55 bits per heavy atom. The highest BCUT2D eigenvalue weighted by Gasteiger charge is 2.24. The molecule has 1 aromatic rings. The van der Waals surface area contributed by atoms with Crippen LogP contribution in [0.3, 0.4) is 0 Å². The van der Waals surface area contributed by atoms with Crippen LogP contribution in [-0.2, 0) is 17.6 Å².